The van der Waals surface area contributed by atoms with Crippen LogP contribution >= 0.6 is 0 Å². The topological polar surface area (TPSA) is 84.3 Å². The third-order valence-electron chi connectivity index (χ3n) is 2.86. The van der Waals surface area contributed by atoms with Crippen molar-refractivity contribution in [1.29, 1.82) is 0 Å². The van der Waals surface area contributed by atoms with E-state index < -0.39 is 9.84 Å². The molecule has 2 aromatic rings. The second-order valence-corrected chi connectivity index (χ2v) is 7.04. The van der Waals surface area contributed by atoms with E-state index in [1.165, 1.54) is 12.5 Å². The van der Waals surface area contributed by atoms with E-state index in [0.29, 0.717) is 17.3 Å². The average Bonchev–Trinajstić information content (AvgIpc) is 2.54. The number of sulfone groups is 1. The van der Waals surface area contributed by atoms with Crippen LogP contribution < -0.4 is 5.32 Å². The zero-order valence-corrected chi connectivity index (χ0v) is 13.8. The number of aliphatic imine (C=N–C) groups is 1. The average molecular weight is 330 g/mol. The zero-order valence-electron chi connectivity index (χ0n) is 13.0. The van der Waals surface area contributed by atoms with Crippen LogP contribution in [0.25, 0.3) is 11.8 Å². The van der Waals surface area contributed by atoms with Gasteiger partial charge in [-0.3, -0.25) is 4.99 Å². The summed E-state index contributed by atoms with van der Waals surface area (Å²) in [7, 11) is -1.36. The smallest absolute Gasteiger partial charge is 0.222 e. The van der Waals surface area contributed by atoms with Gasteiger partial charge in [-0.1, -0.05) is 30.3 Å². The van der Waals surface area contributed by atoms with Crippen molar-refractivity contribution in [1.82, 2.24) is 9.97 Å². The van der Waals surface area contributed by atoms with E-state index in [4.69, 9.17) is 0 Å². The molecule has 0 radical (unpaired) electrons. The lowest BCUT2D eigenvalue weighted by molar-refractivity contribution is 0.605. The SMILES string of the molecule is CNc1nccc(C=C(N=CCS(C)(=O)=O)c2ccccc2)n1. The Kier molecular flexibility index (Phi) is 5.59. The van der Waals surface area contributed by atoms with Crippen molar-refractivity contribution < 1.29 is 8.42 Å². The third-order valence-corrected chi connectivity index (χ3v) is 3.62. The molecule has 0 aliphatic rings. The predicted molar refractivity (Wildman–Crippen MR) is 94.1 cm³/mol. The molecule has 0 atom stereocenters. The molecule has 2 rings (SSSR count). The van der Waals surface area contributed by atoms with E-state index in [1.807, 2.05) is 30.3 Å². The molecule has 0 amide bonds. The molecule has 0 fully saturated rings. The first kappa shape index (κ1) is 16.8. The van der Waals surface area contributed by atoms with E-state index in [-0.39, 0.29) is 5.75 Å². The lowest BCUT2D eigenvalue weighted by Crippen LogP contribution is -2.03. The third kappa shape index (κ3) is 5.63. The molecule has 0 spiro atoms. The number of hydrogen-bond acceptors (Lipinski definition) is 6. The van der Waals surface area contributed by atoms with Gasteiger partial charge < -0.3 is 5.32 Å². The summed E-state index contributed by atoms with van der Waals surface area (Å²) in [6, 6.07) is 11.3. The van der Waals surface area contributed by atoms with Crippen LogP contribution in [0.2, 0.25) is 0 Å². The summed E-state index contributed by atoms with van der Waals surface area (Å²) in [5.74, 6) is 0.397. The first-order chi connectivity index (χ1) is 11.0. The number of nitrogens with zero attached hydrogens (tertiary/aromatic N) is 3. The van der Waals surface area contributed by atoms with Crippen molar-refractivity contribution in [2.24, 2.45) is 4.99 Å². The fourth-order valence-corrected chi connectivity index (χ4v) is 2.13. The predicted octanol–water partition coefficient (Wildman–Crippen LogP) is 2.13. The van der Waals surface area contributed by atoms with Crippen LogP contribution in [0.15, 0.2) is 47.6 Å². The minimum Gasteiger partial charge on any atom is -0.357 e. The Morgan fingerprint density at radius 3 is 2.65 bits per heavy atom. The highest BCUT2D eigenvalue weighted by Gasteiger charge is 2.03. The number of aromatic nitrogens is 2. The van der Waals surface area contributed by atoms with Crippen molar-refractivity contribution in [3.05, 3.63) is 53.9 Å². The normalized spacial score (nSPS) is 12.5. The minimum atomic E-state index is -3.10. The summed E-state index contributed by atoms with van der Waals surface area (Å²) in [5, 5.41) is 2.87. The van der Waals surface area contributed by atoms with Gasteiger partial charge in [-0.05, 0) is 12.1 Å². The van der Waals surface area contributed by atoms with Gasteiger partial charge in [0.25, 0.3) is 0 Å². The maximum absolute atomic E-state index is 11.3. The van der Waals surface area contributed by atoms with Crippen molar-refractivity contribution in [2.45, 2.75) is 0 Å². The largest absolute Gasteiger partial charge is 0.357 e. The summed E-state index contributed by atoms with van der Waals surface area (Å²) < 4.78 is 22.5. The van der Waals surface area contributed by atoms with Crippen LogP contribution in [-0.4, -0.2) is 43.7 Å². The molecular weight excluding hydrogens is 312 g/mol. The van der Waals surface area contributed by atoms with Gasteiger partial charge >= 0.3 is 0 Å². The van der Waals surface area contributed by atoms with Gasteiger partial charge in [0, 0.05) is 31.3 Å². The Balaban J connectivity index is 2.38. The lowest BCUT2D eigenvalue weighted by atomic mass is 10.1. The molecule has 23 heavy (non-hydrogen) atoms. The minimum absolute atomic E-state index is 0.108. The molecule has 7 heteroatoms. The van der Waals surface area contributed by atoms with Crippen molar-refractivity contribution >= 4 is 33.8 Å². The Labute approximate surface area is 135 Å². The van der Waals surface area contributed by atoms with E-state index in [0.717, 1.165) is 5.56 Å². The van der Waals surface area contributed by atoms with Gasteiger partial charge in [0.05, 0.1) is 17.1 Å². The van der Waals surface area contributed by atoms with Crippen molar-refractivity contribution in [3.8, 4) is 0 Å². The molecule has 0 aliphatic heterocycles. The maximum atomic E-state index is 11.3. The first-order valence-corrected chi connectivity index (χ1v) is 9.02. The van der Waals surface area contributed by atoms with Crippen LogP contribution in [-0.2, 0) is 9.84 Å². The molecule has 120 valence electrons. The molecule has 1 aromatic carbocycles. The van der Waals surface area contributed by atoms with Gasteiger partial charge in [0.1, 0.15) is 0 Å². The number of anilines is 1. The summed E-state index contributed by atoms with van der Waals surface area (Å²) in [4.78, 5) is 12.7. The molecule has 0 aliphatic carbocycles. The number of benzene rings is 1. The van der Waals surface area contributed by atoms with Crippen LogP contribution in [0.1, 0.15) is 11.3 Å². The Morgan fingerprint density at radius 1 is 1.26 bits per heavy atom. The fourth-order valence-electron chi connectivity index (χ4n) is 1.79. The maximum Gasteiger partial charge on any atom is 0.222 e. The van der Waals surface area contributed by atoms with Gasteiger partial charge in [0.15, 0.2) is 9.84 Å². The molecule has 0 unspecified atom stereocenters. The molecule has 0 bridgehead atoms. The van der Waals surface area contributed by atoms with E-state index in [1.54, 1.807) is 25.4 Å². The number of hydrogen-bond donors (Lipinski definition) is 1. The molecular formula is C16H18N4O2S. The summed E-state index contributed by atoms with van der Waals surface area (Å²) in [5.41, 5.74) is 2.19. The summed E-state index contributed by atoms with van der Waals surface area (Å²) in [6.45, 7) is 0. The lowest BCUT2D eigenvalue weighted by Gasteiger charge is -2.03. The second kappa shape index (κ2) is 7.64. The molecule has 6 nitrogen and oxygen atoms in total. The number of nitrogens with one attached hydrogen (secondary N) is 1. The zero-order chi connectivity index (χ0) is 16.7. The van der Waals surface area contributed by atoms with Crippen LogP contribution in [0.4, 0.5) is 5.95 Å². The Hall–Kier alpha value is -2.54. The molecule has 0 saturated carbocycles. The first-order valence-electron chi connectivity index (χ1n) is 6.96. The second-order valence-electron chi connectivity index (χ2n) is 4.85. The van der Waals surface area contributed by atoms with Gasteiger partial charge in [0.2, 0.25) is 5.95 Å². The van der Waals surface area contributed by atoms with Crippen molar-refractivity contribution in [3.63, 3.8) is 0 Å². The van der Waals surface area contributed by atoms with E-state index in [2.05, 4.69) is 20.3 Å². The Bertz CT molecular complexity index is 815. The fraction of sp³-hybridized carbons (Fsp3) is 0.188. The van der Waals surface area contributed by atoms with Gasteiger partial charge in [-0.25, -0.2) is 18.4 Å². The van der Waals surface area contributed by atoms with Crippen LogP contribution in [0, 0.1) is 0 Å². The number of rotatable bonds is 6. The monoisotopic (exact) mass is 330 g/mol. The molecule has 1 heterocycles. The van der Waals surface area contributed by atoms with Crippen LogP contribution in [0.3, 0.4) is 0 Å². The highest BCUT2D eigenvalue weighted by atomic mass is 32.2. The Morgan fingerprint density at radius 2 is 2.00 bits per heavy atom. The molecule has 1 N–H and O–H groups in total. The van der Waals surface area contributed by atoms with E-state index >= 15 is 0 Å². The van der Waals surface area contributed by atoms with Gasteiger partial charge in [-0.2, -0.15) is 0 Å². The van der Waals surface area contributed by atoms with Crippen LogP contribution in [0.5, 0.6) is 0 Å². The highest BCUT2D eigenvalue weighted by molar-refractivity contribution is 7.91. The van der Waals surface area contributed by atoms with Crippen molar-refractivity contribution in [2.75, 3.05) is 24.4 Å². The molecule has 0 saturated heterocycles. The molecule has 1 aromatic heterocycles. The van der Waals surface area contributed by atoms with E-state index in [9.17, 15) is 8.42 Å². The summed E-state index contributed by atoms with van der Waals surface area (Å²) in [6.07, 6.45) is 6.01. The van der Waals surface area contributed by atoms with Gasteiger partial charge in [-0.15, -0.1) is 0 Å². The standard InChI is InChI=1S/C16H18N4O2S/c1-17-16-19-9-8-14(20-16)12-15(13-6-4-3-5-7-13)18-10-11-23(2,21)22/h3-10,12H,11H2,1-2H3,(H,17,19,20). The quantitative estimate of drug-likeness (QED) is 0.820. The summed E-state index contributed by atoms with van der Waals surface area (Å²) >= 11 is 0. The highest BCUT2D eigenvalue weighted by Crippen LogP contribution is 2.18.